The summed E-state index contributed by atoms with van der Waals surface area (Å²) < 4.78 is 13.0. The molecule has 0 saturated heterocycles. The number of H-pyrrole nitrogens is 1. The van der Waals surface area contributed by atoms with E-state index < -0.39 is 0 Å². The van der Waals surface area contributed by atoms with E-state index in [9.17, 15) is 9.18 Å². The fourth-order valence-electron chi connectivity index (χ4n) is 1.58. The van der Waals surface area contributed by atoms with Crippen LogP contribution in [0.15, 0.2) is 30.5 Å². The lowest BCUT2D eigenvalue weighted by atomic mass is 9.76. The van der Waals surface area contributed by atoms with Gasteiger partial charge in [-0.25, -0.2) is 9.37 Å². The highest BCUT2D eigenvalue weighted by Gasteiger charge is 2.04. The zero-order valence-corrected chi connectivity index (χ0v) is 9.19. The Kier molecular flexibility index (Phi) is 3.70. The molecule has 1 N–H and O–H groups in total. The van der Waals surface area contributed by atoms with E-state index in [4.69, 9.17) is 0 Å². The number of nitrogens with zero attached hydrogens (tertiary/aromatic N) is 1. The third kappa shape index (κ3) is 3.03. The number of aryl methyl sites for hydroxylation is 1. The van der Waals surface area contributed by atoms with Crippen molar-refractivity contribution in [1.82, 2.24) is 9.97 Å². The molecule has 0 unspecified atom stereocenters. The molecule has 0 saturated carbocycles. The second-order valence-corrected chi connectivity index (χ2v) is 3.66. The van der Waals surface area contributed by atoms with Gasteiger partial charge in [0.1, 0.15) is 11.6 Å². The molecular formula is C12H11BFN2O. The molecule has 0 aliphatic rings. The molecule has 0 spiro atoms. The summed E-state index contributed by atoms with van der Waals surface area (Å²) in [4.78, 5) is 17.4. The van der Waals surface area contributed by atoms with Gasteiger partial charge in [0.2, 0.25) is 0 Å². The quantitative estimate of drug-likeness (QED) is 0.484. The molecule has 2 aromatic rings. The molecule has 17 heavy (non-hydrogen) atoms. The molecule has 0 bridgehead atoms. The number of nitrogens with one attached hydrogen (secondary N) is 1. The Balaban J connectivity index is 2.10. The molecule has 85 valence electrons. The normalized spacial score (nSPS) is 10.2. The third-order valence-corrected chi connectivity index (χ3v) is 2.41. The number of halogens is 1. The average molecular weight is 229 g/mol. The first-order chi connectivity index (χ1) is 8.29. The number of benzene rings is 1. The van der Waals surface area contributed by atoms with Crippen LogP contribution in [0.2, 0.25) is 6.32 Å². The predicted molar refractivity (Wildman–Crippen MR) is 65.0 cm³/mol. The van der Waals surface area contributed by atoms with Gasteiger partial charge in [-0.2, -0.15) is 0 Å². The Labute approximate surface area is 99.3 Å². The van der Waals surface area contributed by atoms with Crippen molar-refractivity contribution in [2.24, 2.45) is 0 Å². The van der Waals surface area contributed by atoms with E-state index in [2.05, 4.69) is 9.97 Å². The van der Waals surface area contributed by atoms with E-state index in [1.807, 2.05) is 6.07 Å². The molecular weight excluding hydrogens is 218 g/mol. The lowest BCUT2D eigenvalue weighted by Gasteiger charge is -1.97. The van der Waals surface area contributed by atoms with Crippen LogP contribution in [0.5, 0.6) is 0 Å². The monoisotopic (exact) mass is 229 g/mol. The molecule has 0 aliphatic carbocycles. The number of aromatic nitrogens is 2. The van der Waals surface area contributed by atoms with E-state index in [0.29, 0.717) is 12.7 Å². The van der Waals surface area contributed by atoms with Crippen molar-refractivity contribution in [3.05, 3.63) is 42.1 Å². The minimum Gasteiger partial charge on any atom is -0.342 e. The summed E-state index contributed by atoms with van der Waals surface area (Å²) in [7, 11) is 1.55. The highest BCUT2D eigenvalue weighted by Crippen LogP contribution is 2.18. The van der Waals surface area contributed by atoms with Crippen LogP contribution in [0.1, 0.15) is 5.82 Å². The molecule has 3 nitrogen and oxygen atoms in total. The molecule has 0 fully saturated rings. The Morgan fingerprint density at radius 3 is 3.12 bits per heavy atom. The minimum atomic E-state index is -0.270. The molecule has 1 radical (unpaired) electrons. The zero-order chi connectivity index (χ0) is 12.1. The predicted octanol–water partition coefficient (Wildman–Crippen LogP) is 2.07. The summed E-state index contributed by atoms with van der Waals surface area (Å²) >= 11 is 0. The summed E-state index contributed by atoms with van der Waals surface area (Å²) in [6.07, 6.45) is 3.77. The van der Waals surface area contributed by atoms with E-state index in [0.717, 1.165) is 23.3 Å². The topological polar surface area (TPSA) is 45.8 Å². The van der Waals surface area contributed by atoms with E-state index in [1.165, 1.54) is 12.1 Å². The maximum Gasteiger partial charge on any atom is 0.198 e. The summed E-state index contributed by atoms with van der Waals surface area (Å²) in [5.74, 6) is 0.523. The second kappa shape index (κ2) is 5.43. The molecule has 2 rings (SSSR count). The number of carbonyl (C=O) groups excluding carboxylic acids is 1. The molecule has 1 heterocycles. The summed E-state index contributed by atoms with van der Waals surface area (Å²) in [5.41, 5.74) is 1.55. The van der Waals surface area contributed by atoms with Gasteiger partial charge < -0.3 is 9.78 Å². The highest BCUT2D eigenvalue weighted by atomic mass is 19.1. The van der Waals surface area contributed by atoms with Crippen LogP contribution < -0.4 is 0 Å². The van der Waals surface area contributed by atoms with Crippen molar-refractivity contribution >= 4 is 13.5 Å². The van der Waals surface area contributed by atoms with Crippen molar-refractivity contribution in [3.8, 4) is 11.3 Å². The van der Waals surface area contributed by atoms with Crippen LogP contribution in [0, 0.1) is 5.82 Å². The van der Waals surface area contributed by atoms with Crippen LogP contribution in [-0.4, -0.2) is 23.4 Å². The number of carbonyl (C=O) groups is 1. The van der Waals surface area contributed by atoms with Gasteiger partial charge in [-0.3, -0.25) is 0 Å². The van der Waals surface area contributed by atoms with E-state index >= 15 is 0 Å². The molecule has 1 aromatic heterocycles. The van der Waals surface area contributed by atoms with Gasteiger partial charge in [0, 0.05) is 5.56 Å². The largest absolute Gasteiger partial charge is 0.342 e. The lowest BCUT2D eigenvalue weighted by molar-refractivity contribution is 0.568. The van der Waals surface area contributed by atoms with E-state index in [-0.39, 0.29) is 5.82 Å². The van der Waals surface area contributed by atoms with Crippen LogP contribution in [-0.2, 0) is 11.2 Å². The number of hydrogen-bond donors (Lipinski definition) is 1. The van der Waals surface area contributed by atoms with Crippen LogP contribution in [0.4, 0.5) is 4.39 Å². The van der Waals surface area contributed by atoms with Gasteiger partial charge in [-0.1, -0.05) is 18.5 Å². The molecule has 0 atom stereocenters. The third-order valence-electron chi connectivity index (χ3n) is 2.41. The van der Waals surface area contributed by atoms with Crippen LogP contribution in [0.3, 0.4) is 0 Å². The highest BCUT2D eigenvalue weighted by molar-refractivity contribution is 6.66. The van der Waals surface area contributed by atoms with E-state index in [1.54, 1.807) is 19.5 Å². The SMILES string of the molecule is O=C[B]CCc1ncc(-c2cccc(F)c2)[nH]1. The maximum atomic E-state index is 13.0. The van der Waals surface area contributed by atoms with Gasteiger partial charge in [0.15, 0.2) is 7.28 Å². The first kappa shape index (κ1) is 11.6. The van der Waals surface area contributed by atoms with Crippen molar-refractivity contribution in [1.29, 1.82) is 0 Å². The first-order valence-electron chi connectivity index (χ1n) is 5.36. The Morgan fingerprint density at radius 2 is 2.35 bits per heavy atom. The zero-order valence-electron chi connectivity index (χ0n) is 9.19. The second-order valence-electron chi connectivity index (χ2n) is 3.66. The summed E-state index contributed by atoms with van der Waals surface area (Å²) in [5, 5.41) is 0. The Bertz CT molecular complexity index is 513. The minimum absolute atomic E-state index is 0.270. The van der Waals surface area contributed by atoms with Gasteiger partial charge in [0.05, 0.1) is 18.1 Å². The first-order valence-corrected chi connectivity index (χ1v) is 5.36. The van der Waals surface area contributed by atoms with Crippen LogP contribution in [0.25, 0.3) is 11.3 Å². The molecule has 0 amide bonds. The maximum absolute atomic E-state index is 13.0. The lowest BCUT2D eigenvalue weighted by Crippen LogP contribution is -1.95. The van der Waals surface area contributed by atoms with Gasteiger partial charge in [-0.15, -0.1) is 0 Å². The number of rotatable bonds is 5. The van der Waals surface area contributed by atoms with Crippen molar-refractivity contribution in [2.45, 2.75) is 12.7 Å². The van der Waals surface area contributed by atoms with Crippen LogP contribution >= 0.6 is 0 Å². The van der Waals surface area contributed by atoms with Crippen molar-refractivity contribution in [3.63, 3.8) is 0 Å². The molecule has 5 heteroatoms. The average Bonchev–Trinajstić information content (AvgIpc) is 2.78. The van der Waals surface area contributed by atoms with Gasteiger partial charge >= 0.3 is 0 Å². The fraction of sp³-hybridized carbons (Fsp3) is 0.167. The Hall–Kier alpha value is -1.91. The fourth-order valence-corrected chi connectivity index (χ4v) is 1.58. The van der Waals surface area contributed by atoms with Crippen molar-refractivity contribution < 1.29 is 9.18 Å². The Morgan fingerprint density at radius 1 is 1.47 bits per heavy atom. The van der Waals surface area contributed by atoms with Crippen molar-refractivity contribution in [2.75, 3.05) is 0 Å². The molecule has 1 aromatic carbocycles. The smallest absolute Gasteiger partial charge is 0.198 e. The molecule has 0 aliphatic heterocycles. The summed E-state index contributed by atoms with van der Waals surface area (Å²) in [6, 6.07) is 6.33. The number of aromatic amines is 1. The summed E-state index contributed by atoms with van der Waals surface area (Å²) in [6.45, 7) is 0. The van der Waals surface area contributed by atoms with Gasteiger partial charge in [-0.05, 0) is 18.6 Å². The standard InChI is InChI=1S/C12H11BFN2O/c14-10-3-1-2-9(6-10)11-7-15-12(16-11)4-5-13-8-17/h1-3,6-8H,4-5H2,(H,15,16). The number of hydrogen-bond acceptors (Lipinski definition) is 2. The van der Waals surface area contributed by atoms with Gasteiger partial charge in [0.25, 0.3) is 0 Å². The number of imidazole rings is 1.